The van der Waals surface area contributed by atoms with E-state index < -0.39 is 12.0 Å². The van der Waals surface area contributed by atoms with Crippen LogP contribution in [0.15, 0.2) is 0 Å². The van der Waals surface area contributed by atoms with Crippen molar-refractivity contribution in [1.29, 1.82) is 0 Å². The van der Waals surface area contributed by atoms with Gasteiger partial charge in [0.25, 0.3) is 0 Å². The van der Waals surface area contributed by atoms with E-state index in [4.69, 9.17) is 0 Å². The van der Waals surface area contributed by atoms with Crippen LogP contribution in [-0.4, -0.2) is 23.0 Å². The molecule has 4 fully saturated rings. The number of nitrogens with one attached hydrogen (secondary N) is 1. The molecule has 1 amide bonds. The number of aliphatic carboxylic acids is 1. The Bertz CT molecular complexity index is 379. The summed E-state index contributed by atoms with van der Waals surface area (Å²) in [4.78, 5) is 23.7. The Hall–Kier alpha value is -1.06. The predicted molar refractivity (Wildman–Crippen MR) is 75.0 cm³/mol. The first-order chi connectivity index (χ1) is 9.58. The van der Waals surface area contributed by atoms with Gasteiger partial charge in [0.15, 0.2) is 0 Å². The molecule has 0 aromatic heterocycles. The minimum absolute atomic E-state index is 0.0136. The summed E-state index contributed by atoms with van der Waals surface area (Å²) in [7, 11) is 0. The van der Waals surface area contributed by atoms with E-state index in [1.165, 1.54) is 32.1 Å². The van der Waals surface area contributed by atoms with E-state index in [-0.39, 0.29) is 11.8 Å². The Kier molecular flexibility index (Phi) is 3.74. The molecule has 0 heterocycles. The first-order valence-corrected chi connectivity index (χ1v) is 8.11. The van der Waals surface area contributed by atoms with Crippen LogP contribution in [0.1, 0.15) is 51.9 Å². The molecule has 4 heteroatoms. The van der Waals surface area contributed by atoms with Crippen LogP contribution in [-0.2, 0) is 9.59 Å². The Morgan fingerprint density at radius 2 is 1.65 bits per heavy atom. The number of carboxylic acid groups (broad SMARTS) is 1. The van der Waals surface area contributed by atoms with E-state index >= 15 is 0 Å². The highest BCUT2D eigenvalue weighted by Gasteiger charge is 2.51. The lowest BCUT2D eigenvalue weighted by atomic mass is 9.51. The molecule has 4 rings (SSSR count). The zero-order valence-corrected chi connectivity index (χ0v) is 12.2. The normalized spacial score (nSPS) is 39.5. The van der Waals surface area contributed by atoms with Crippen molar-refractivity contribution in [2.24, 2.45) is 29.6 Å². The standard InChI is InChI=1S/C16H25NO3/c1-2-3-13(16(19)20)17-15(18)14-11-5-9-4-10(7-11)8-12(14)6-9/h9-14H,2-8H2,1H3,(H,17,18)(H,19,20)/t9?,10?,11?,12?,13-,14?/m0/s1. The topological polar surface area (TPSA) is 66.4 Å². The third-order valence-corrected chi connectivity index (χ3v) is 5.72. The highest BCUT2D eigenvalue weighted by atomic mass is 16.4. The summed E-state index contributed by atoms with van der Waals surface area (Å²) in [5.74, 6) is 1.91. The van der Waals surface area contributed by atoms with Gasteiger partial charge in [-0.05, 0) is 62.2 Å². The molecule has 0 radical (unpaired) electrons. The fourth-order valence-corrected chi connectivity index (χ4v) is 5.17. The van der Waals surface area contributed by atoms with Crippen molar-refractivity contribution in [2.75, 3.05) is 0 Å². The first-order valence-electron chi connectivity index (χ1n) is 8.11. The molecule has 4 bridgehead atoms. The molecular formula is C16H25NO3. The van der Waals surface area contributed by atoms with Gasteiger partial charge in [-0.3, -0.25) is 4.79 Å². The van der Waals surface area contributed by atoms with Crippen LogP contribution >= 0.6 is 0 Å². The fraction of sp³-hybridized carbons (Fsp3) is 0.875. The maximum atomic E-state index is 12.5. The summed E-state index contributed by atoms with van der Waals surface area (Å²) in [5.41, 5.74) is 0. The zero-order chi connectivity index (χ0) is 14.3. The van der Waals surface area contributed by atoms with Crippen molar-refractivity contribution in [3.05, 3.63) is 0 Å². The van der Waals surface area contributed by atoms with Gasteiger partial charge in [0.2, 0.25) is 5.91 Å². The molecule has 0 spiro atoms. The molecule has 112 valence electrons. The molecule has 1 atom stereocenters. The fourth-order valence-electron chi connectivity index (χ4n) is 5.17. The van der Waals surface area contributed by atoms with Gasteiger partial charge in [-0.1, -0.05) is 13.3 Å². The lowest BCUT2D eigenvalue weighted by Crippen LogP contribution is -2.53. The molecule has 4 saturated carbocycles. The average Bonchev–Trinajstić information content (AvgIpc) is 2.36. The van der Waals surface area contributed by atoms with Crippen molar-refractivity contribution in [2.45, 2.75) is 57.9 Å². The Labute approximate surface area is 120 Å². The lowest BCUT2D eigenvalue weighted by molar-refractivity contribution is -0.146. The molecule has 0 aromatic rings. The van der Waals surface area contributed by atoms with Gasteiger partial charge in [-0.25, -0.2) is 4.79 Å². The minimum atomic E-state index is -0.899. The molecule has 4 nitrogen and oxygen atoms in total. The minimum Gasteiger partial charge on any atom is -0.480 e. The molecular weight excluding hydrogens is 254 g/mol. The smallest absolute Gasteiger partial charge is 0.326 e. The van der Waals surface area contributed by atoms with Crippen LogP contribution in [0.2, 0.25) is 0 Å². The largest absolute Gasteiger partial charge is 0.480 e. The second-order valence-corrected chi connectivity index (χ2v) is 7.14. The zero-order valence-electron chi connectivity index (χ0n) is 12.2. The first kappa shape index (κ1) is 13.9. The number of hydrogen-bond donors (Lipinski definition) is 2. The molecule has 20 heavy (non-hydrogen) atoms. The van der Waals surface area contributed by atoms with E-state index in [9.17, 15) is 14.7 Å². The highest BCUT2D eigenvalue weighted by molar-refractivity contribution is 5.85. The van der Waals surface area contributed by atoms with E-state index in [1.54, 1.807) is 0 Å². The van der Waals surface area contributed by atoms with Crippen molar-refractivity contribution >= 4 is 11.9 Å². The lowest BCUT2D eigenvalue weighted by Gasteiger charge is -2.53. The Balaban J connectivity index is 1.66. The Morgan fingerprint density at radius 1 is 1.10 bits per heavy atom. The number of rotatable bonds is 5. The SMILES string of the molecule is CCC[C@H](NC(=O)C1C2CC3CC(C2)CC1C3)C(=O)O. The molecule has 4 aliphatic carbocycles. The number of hydrogen-bond acceptors (Lipinski definition) is 2. The quantitative estimate of drug-likeness (QED) is 0.812. The third kappa shape index (κ3) is 2.45. The van der Waals surface area contributed by atoms with Crippen LogP contribution < -0.4 is 5.32 Å². The van der Waals surface area contributed by atoms with Crippen molar-refractivity contribution < 1.29 is 14.7 Å². The molecule has 0 aliphatic heterocycles. The van der Waals surface area contributed by atoms with E-state index in [0.29, 0.717) is 18.3 Å². The van der Waals surface area contributed by atoms with Gasteiger partial charge in [-0.15, -0.1) is 0 Å². The monoisotopic (exact) mass is 279 g/mol. The van der Waals surface area contributed by atoms with Crippen molar-refractivity contribution in [3.8, 4) is 0 Å². The van der Waals surface area contributed by atoms with Crippen LogP contribution in [0.4, 0.5) is 0 Å². The summed E-state index contributed by atoms with van der Waals surface area (Å²) in [6.07, 6.45) is 7.43. The highest BCUT2D eigenvalue weighted by Crippen LogP contribution is 2.56. The number of carbonyl (C=O) groups is 2. The second-order valence-electron chi connectivity index (χ2n) is 7.14. The summed E-state index contributed by atoms with van der Waals surface area (Å²) >= 11 is 0. The maximum Gasteiger partial charge on any atom is 0.326 e. The van der Waals surface area contributed by atoms with E-state index in [1.807, 2.05) is 6.92 Å². The third-order valence-electron chi connectivity index (χ3n) is 5.72. The maximum absolute atomic E-state index is 12.5. The van der Waals surface area contributed by atoms with Gasteiger partial charge in [0, 0.05) is 5.92 Å². The van der Waals surface area contributed by atoms with Crippen molar-refractivity contribution in [3.63, 3.8) is 0 Å². The summed E-state index contributed by atoms with van der Waals surface area (Å²) in [5, 5.41) is 12.0. The van der Waals surface area contributed by atoms with Gasteiger partial charge >= 0.3 is 5.97 Å². The predicted octanol–water partition coefficient (Wildman–Crippen LogP) is 2.43. The average molecular weight is 279 g/mol. The Morgan fingerprint density at radius 3 is 2.10 bits per heavy atom. The van der Waals surface area contributed by atoms with Crippen LogP contribution in [0.5, 0.6) is 0 Å². The van der Waals surface area contributed by atoms with Gasteiger partial charge in [0.05, 0.1) is 0 Å². The number of amides is 1. The van der Waals surface area contributed by atoms with E-state index in [2.05, 4.69) is 5.32 Å². The second kappa shape index (κ2) is 5.38. The number of carbonyl (C=O) groups excluding carboxylic acids is 1. The van der Waals surface area contributed by atoms with Crippen LogP contribution in [0.25, 0.3) is 0 Å². The van der Waals surface area contributed by atoms with Gasteiger partial charge in [0.1, 0.15) is 6.04 Å². The van der Waals surface area contributed by atoms with E-state index in [0.717, 1.165) is 18.3 Å². The molecule has 0 unspecified atom stereocenters. The van der Waals surface area contributed by atoms with Crippen LogP contribution in [0.3, 0.4) is 0 Å². The molecule has 0 saturated heterocycles. The van der Waals surface area contributed by atoms with Crippen LogP contribution in [0, 0.1) is 29.6 Å². The number of carboxylic acids is 1. The molecule has 2 N–H and O–H groups in total. The molecule has 0 aromatic carbocycles. The van der Waals surface area contributed by atoms with Gasteiger partial charge in [-0.2, -0.15) is 0 Å². The van der Waals surface area contributed by atoms with Crippen molar-refractivity contribution in [1.82, 2.24) is 5.32 Å². The summed E-state index contributed by atoms with van der Waals surface area (Å²) in [6.45, 7) is 1.95. The summed E-state index contributed by atoms with van der Waals surface area (Å²) in [6, 6.07) is -0.704. The van der Waals surface area contributed by atoms with Gasteiger partial charge < -0.3 is 10.4 Å². The molecule has 4 aliphatic rings. The summed E-state index contributed by atoms with van der Waals surface area (Å²) < 4.78 is 0.